The Morgan fingerprint density at radius 1 is 1.38 bits per heavy atom. The predicted molar refractivity (Wildman–Crippen MR) is 67.2 cm³/mol. The minimum absolute atomic E-state index is 0.322. The van der Waals surface area contributed by atoms with Crippen molar-refractivity contribution in [3.8, 4) is 0 Å². The molecule has 1 aliphatic rings. The number of halogens is 1. The molecule has 0 saturated carbocycles. The van der Waals surface area contributed by atoms with Crippen molar-refractivity contribution in [2.75, 3.05) is 6.61 Å². The Kier molecular flexibility index (Phi) is 3.49. The number of nitrogens with zero attached hydrogens (tertiary/aromatic N) is 1. The van der Waals surface area contributed by atoms with Gasteiger partial charge in [-0.05, 0) is 23.6 Å². The van der Waals surface area contributed by atoms with E-state index in [1.807, 2.05) is 24.3 Å². The summed E-state index contributed by atoms with van der Waals surface area (Å²) >= 11 is 5.83. The van der Waals surface area contributed by atoms with E-state index >= 15 is 0 Å². The molecule has 0 radical (unpaired) electrons. The highest BCUT2D eigenvalue weighted by atomic mass is 35.5. The molecule has 0 aromatic heterocycles. The Hall–Kier alpha value is -1.02. The van der Waals surface area contributed by atoms with Crippen LogP contribution in [0.25, 0.3) is 0 Å². The van der Waals surface area contributed by atoms with Crippen LogP contribution in [0.15, 0.2) is 29.3 Å². The largest absolute Gasteiger partial charge is 0.478 e. The first kappa shape index (κ1) is 11.5. The van der Waals surface area contributed by atoms with E-state index in [1.54, 1.807) is 0 Å². The first-order chi connectivity index (χ1) is 7.65. The highest BCUT2D eigenvalue weighted by Crippen LogP contribution is 2.17. The molecule has 1 aromatic carbocycles. The van der Waals surface area contributed by atoms with E-state index in [9.17, 15) is 0 Å². The summed E-state index contributed by atoms with van der Waals surface area (Å²) in [6.45, 7) is 5.06. The van der Waals surface area contributed by atoms with E-state index in [1.165, 1.54) is 5.56 Å². The summed E-state index contributed by atoms with van der Waals surface area (Å²) in [5, 5.41) is 0.762. The molecule has 0 spiro atoms. The predicted octanol–water partition coefficient (Wildman–Crippen LogP) is 3.34. The lowest BCUT2D eigenvalue weighted by atomic mass is 10.1. The third-order valence-corrected chi connectivity index (χ3v) is 3.02. The van der Waals surface area contributed by atoms with Crippen LogP contribution >= 0.6 is 11.6 Å². The summed E-state index contributed by atoms with van der Waals surface area (Å²) in [6, 6.07) is 8.13. The second-order valence-electron chi connectivity index (χ2n) is 4.45. The number of hydrogen-bond acceptors (Lipinski definition) is 2. The summed E-state index contributed by atoms with van der Waals surface area (Å²) in [5.41, 5.74) is 1.19. The maximum atomic E-state index is 5.83. The zero-order valence-corrected chi connectivity index (χ0v) is 10.4. The number of benzene rings is 1. The van der Waals surface area contributed by atoms with Crippen LogP contribution in [0.1, 0.15) is 19.4 Å². The standard InChI is InChI=1S/C13H16ClNO/c1-9(2)12-8-16-13(15-12)7-10-3-5-11(14)6-4-10/h3-6,9,12H,7-8H2,1-2H3/t12-/m1/s1. The summed E-state index contributed by atoms with van der Waals surface area (Å²) in [4.78, 5) is 4.57. The van der Waals surface area contributed by atoms with E-state index in [4.69, 9.17) is 16.3 Å². The molecule has 16 heavy (non-hydrogen) atoms. The molecule has 0 saturated heterocycles. The third-order valence-electron chi connectivity index (χ3n) is 2.77. The molecule has 1 aliphatic heterocycles. The van der Waals surface area contributed by atoms with Crippen molar-refractivity contribution in [1.29, 1.82) is 0 Å². The summed E-state index contributed by atoms with van der Waals surface area (Å²) in [7, 11) is 0. The van der Waals surface area contributed by atoms with E-state index in [0.717, 1.165) is 23.9 Å². The van der Waals surface area contributed by atoms with Crippen molar-refractivity contribution in [3.63, 3.8) is 0 Å². The van der Waals surface area contributed by atoms with Crippen molar-refractivity contribution in [1.82, 2.24) is 0 Å². The summed E-state index contributed by atoms with van der Waals surface area (Å²) < 4.78 is 5.58. The quantitative estimate of drug-likeness (QED) is 0.790. The van der Waals surface area contributed by atoms with E-state index < -0.39 is 0 Å². The van der Waals surface area contributed by atoms with Crippen LogP contribution in [-0.4, -0.2) is 18.5 Å². The Bertz CT molecular complexity index is 383. The summed E-state index contributed by atoms with van der Waals surface area (Å²) in [5.74, 6) is 1.39. The lowest BCUT2D eigenvalue weighted by Gasteiger charge is -2.06. The van der Waals surface area contributed by atoms with Crippen LogP contribution in [0.3, 0.4) is 0 Å². The van der Waals surface area contributed by atoms with Crippen LogP contribution in [0, 0.1) is 5.92 Å². The molecule has 1 heterocycles. The molecule has 0 bridgehead atoms. The maximum absolute atomic E-state index is 5.83. The first-order valence-corrected chi connectivity index (χ1v) is 5.97. The van der Waals surface area contributed by atoms with Crippen LogP contribution < -0.4 is 0 Å². The van der Waals surface area contributed by atoms with Gasteiger partial charge in [0.05, 0.1) is 6.04 Å². The minimum Gasteiger partial charge on any atom is -0.478 e. The Balaban J connectivity index is 2.01. The van der Waals surface area contributed by atoms with Gasteiger partial charge in [0.15, 0.2) is 5.90 Å². The van der Waals surface area contributed by atoms with Gasteiger partial charge in [-0.25, -0.2) is 4.99 Å². The van der Waals surface area contributed by atoms with E-state index in [2.05, 4.69) is 18.8 Å². The molecular weight excluding hydrogens is 222 g/mol. The maximum Gasteiger partial charge on any atom is 0.188 e. The van der Waals surface area contributed by atoms with Gasteiger partial charge in [0, 0.05) is 11.4 Å². The zero-order valence-electron chi connectivity index (χ0n) is 9.61. The monoisotopic (exact) mass is 237 g/mol. The van der Waals surface area contributed by atoms with Crippen LogP contribution in [0.5, 0.6) is 0 Å². The molecule has 0 unspecified atom stereocenters. The molecule has 3 heteroatoms. The summed E-state index contributed by atoms with van der Waals surface area (Å²) in [6.07, 6.45) is 0.764. The fourth-order valence-electron chi connectivity index (χ4n) is 1.66. The number of hydrogen-bond donors (Lipinski definition) is 0. The van der Waals surface area contributed by atoms with Gasteiger partial charge in [0.1, 0.15) is 6.61 Å². The average Bonchev–Trinajstić information content (AvgIpc) is 2.70. The molecule has 1 atom stereocenters. The first-order valence-electron chi connectivity index (χ1n) is 5.59. The van der Waals surface area contributed by atoms with Gasteiger partial charge < -0.3 is 4.74 Å². The van der Waals surface area contributed by atoms with Gasteiger partial charge in [-0.1, -0.05) is 37.6 Å². The molecule has 2 rings (SSSR count). The van der Waals surface area contributed by atoms with Crippen molar-refractivity contribution in [2.24, 2.45) is 10.9 Å². The molecule has 2 nitrogen and oxygen atoms in total. The molecule has 0 aliphatic carbocycles. The lowest BCUT2D eigenvalue weighted by molar-refractivity contribution is 0.287. The SMILES string of the molecule is CC(C)[C@H]1COC(Cc2ccc(Cl)cc2)=N1. The van der Waals surface area contributed by atoms with Crippen LogP contribution in [0.2, 0.25) is 5.02 Å². The van der Waals surface area contributed by atoms with Gasteiger partial charge in [-0.15, -0.1) is 0 Å². The minimum atomic E-state index is 0.322. The van der Waals surface area contributed by atoms with Gasteiger partial charge in [-0.2, -0.15) is 0 Å². The van der Waals surface area contributed by atoms with E-state index in [-0.39, 0.29) is 0 Å². The fraction of sp³-hybridized carbons (Fsp3) is 0.462. The molecule has 0 amide bonds. The highest BCUT2D eigenvalue weighted by Gasteiger charge is 2.21. The normalized spacial score (nSPS) is 19.8. The topological polar surface area (TPSA) is 21.6 Å². The zero-order chi connectivity index (χ0) is 11.5. The highest BCUT2D eigenvalue weighted by molar-refractivity contribution is 6.30. The second-order valence-corrected chi connectivity index (χ2v) is 4.88. The van der Waals surface area contributed by atoms with Gasteiger partial charge >= 0.3 is 0 Å². The fourth-order valence-corrected chi connectivity index (χ4v) is 1.78. The van der Waals surface area contributed by atoms with Gasteiger partial charge in [-0.3, -0.25) is 0 Å². The number of ether oxygens (including phenoxy) is 1. The Morgan fingerprint density at radius 3 is 2.62 bits per heavy atom. The average molecular weight is 238 g/mol. The number of rotatable bonds is 3. The molecule has 1 aromatic rings. The molecular formula is C13H16ClNO. The second kappa shape index (κ2) is 4.88. The number of aliphatic imine (C=N–C) groups is 1. The Labute approximate surface area is 101 Å². The van der Waals surface area contributed by atoms with Crippen molar-refractivity contribution in [3.05, 3.63) is 34.9 Å². The van der Waals surface area contributed by atoms with E-state index in [0.29, 0.717) is 12.0 Å². The van der Waals surface area contributed by atoms with Crippen molar-refractivity contribution < 1.29 is 4.74 Å². The van der Waals surface area contributed by atoms with Crippen LogP contribution in [0.4, 0.5) is 0 Å². The van der Waals surface area contributed by atoms with Gasteiger partial charge in [0.2, 0.25) is 0 Å². The Morgan fingerprint density at radius 2 is 2.06 bits per heavy atom. The smallest absolute Gasteiger partial charge is 0.188 e. The van der Waals surface area contributed by atoms with Gasteiger partial charge in [0.25, 0.3) is 0 Å². The molecule has 0 N–H and O–H groups in total. The van der Waals surface area contributed by atoms with Crippen LogP contribution in [-0.2, 0) is 11.2 Å². The molecule has 86 valence electrons. The lowest BCUT2D eigenvalue weighted by Crippen LogP contribution is -2.13. The third kappa shape index (κ3) is 2.76. The molecule has 0 fully saturated rings. The van der Waals surface area contributed by atoms with Crippen molar-refractivity contribution in [2.45, 2.75) is 26.3 Å². The van der Waals surface area contributed by atoms with Crippen molar-refractivity contribution >= 4 is 17.5 Å².